The number of carbonyl (C=O) groups excluding carboxylic acids is 1. The number of aliphatic hydroxyl groups is 1. The maximum absolute atomic E-state index is 12.0. The van der Waals surface area contributed by atoms with Gasteiger partial charge in [0, 0.05) is 13.0 Å². The molecule has 0 saturated carbocycles. The van der Waals surface area contributed by atoms with Gasteiger partial charge in [0.25, 0.3) is 0 Å². The summed E-state index contributed by atoms with van der Waals surface area (Å²) in [7, 11) is 0. The van der Waals surface area contributed by atoms with E-state index in [-0.39, 0.29) is 5.97 Å². The largest absolute Gasteiger partial charge is 0.466 e. The van der Waals surface area contributed by atoms with Crippen LogP contribution in [0.2, 0.25) is 0 Å². The molecule has 0 aliphatic heterocycles. The molecule has 294 valence electrons. The van der Waals surface area contributed by atoms with Gasteiger partial charge < -0.3 is 9.84 Å². The third kappa shape index (κ3) is 45.4. The van der Waals surface area contributed by atoms with E-state index >= 15 is 0 Å². The van der Waals surface area contributed by atoms with Crippen molar-refractivity contribution in [3.63, 3.8) is 0 Å². The fourth-order valence-electron chi connectivity index (χ4n) is 7.36. The van der Waals surface area contributed by atoms with E-state index in [1.165, 1.54) is 244 Å². The van der Waals surface area contributed by atoms with Crippen molar-refractivity contribution in [2.24, 2.45) is 0 Å². The molecular weight excluding hydrogens is 601 g/mol. The summed E-state index contributed by atoms with van der Waals surface area (Å²) in [6.45, 7) is 3.28. The molecule has 0 aromatic carbocycles. The van der Waals surface area contributed by atoms with Crippen LogP contribution in [0.3, 0.4) is 0 Å². The first-order chi connectivity index (χ1) is 24.3. The smallest absolute Gasteiger partial charge is 0.305 e. The van der Waals surface area contributed by atoms with Gasteiger partial charge in [0.1, 0.15) is 0 Å². The predicted octanol–water partition coefficient (Wildman–Crippen LogP) is 15.9. The van der Waals surface area contributed by atoms with E-state index in [2.05, 4.69) is 6.92 Å². The zero-order valence-electron chi connectivity index (χ0n) is 33.9. The van der Waals surface area contributed by atoms with E-state index < -0.39 is 0 Å². The molecule has 1 N–H and O–H groups in total. The van der Waals surface area contributed by atoms with Crippen LogP contribution < -0.4 is 0 Å². The molecule has 0 rings (SSSR count). The normalized spacial score (nSPS) is 11.5. The first kappa shape index (κ1) is 48.4. The third-order valence-corrected chi connectivity index (χ3v) is 10.8. The Balaban J connectivity index is 3.12. The molecule has 0 amide bonds. The van der Waals surface area contributed by atoms with Crippen molar-refractivity contribution in [2.75, 3.05) is 13.2 Å². The van der Waals surface area contributed by atoms with Gasteiger partial charge in [-0.1, -0.05) is 251 Å². The lowest BCUT2D eigenvalue weighted by molar-refractivity contribution is -0.143. The zero-order valence-corrected chi connectivity index (χ0v) is 33.9. The number of esters is 1. The lowest BCUT2D eigenvalue weighted by atomic mass is 10.0. The van der Waals surface area contributed by atoms with Crippen LogP contribution in [0.4, 0.5) is 0 Å². The van der Waals surface area contributed by atoms with Crippen molar-refractivity contribution in [1.82, 2.24) is 0 Å². The first-order valence-electron chi connectivity index (χ1n) is 23.1. The molecule has 0 spiro atoms. The molecule has 0 aliphatic carbocycles. The Bertz CT molecular complexity index is 591. The van der Waals surface area contributed by atoms with Gasteiger partial charge >= 0.3 is 5.97 Å². The first-order valence-corrected chi connectivity index (χ1v) is 23.1. The highest BCUT2D eigenvalue weighted by Gasteiger charge is 2.03. The van der Waals surface area contributed by atoms with E-state index in [9.17, 15) is 4.79 Å². The van der Waals surface area contributed by atoms with Crippen LogP contribution in [-0.4, -0.2) is 24.3 Å². The lowest BCUT2D eigenvalue weighted by Gasteiger charge is -2.06. The minimum absolute atomic E-state index is 0.0272. The van der Waals surface area contributed by atoms with Crippen LogP contribution in [0.15, 0.2) is 0 Å². The molecule has 3 nitrogen and oxygen atoms in total. The number of unbranched alkanes of at least 4 members (excludes halogenated alkanes) is 39. The van der Waals surface area contributed by atoms with Gasteiger partial charge in [-0.3, -0.25) is 4.79 Å². The van der Waals surface area contributed by atoms with Crippen LogP contribution in [0.25, 0.3) is 0 Å². The molecule has 0 fully saturated rings. The second-order valence-corrected chi connectivity index (χ2v) is 15.8. The van der Waals surface area contributed by atoms with E-state index in [1.54, 1.807) is 0 Å². The Hall–Kier alpha value is -0.570. The summed E-state index contributed by atoms with van der Waals surface area (Å²) < 4.78 is 5.47. The standard InChI is InChI=1S/C46H92O3/c1-2-3-4-5-6-7-8-25-28-31-34-37-40-43-46(48)49-45-42-39-36-33-30-27-24-22-20-18-16-14-12-10-9-11-13-15-17-19-21-23-26-29-32-35-38-41-44-47/h47H,2-45H2,1H3. The Morgan fingerprint density at radius 2 is 0.551 bits per heavy atom. The Kier molecular flexibility index (Phi) is 44.9. The Labute approximate surface area is 309 Å². The highest BCUT2D eigenvalue weighted by atomic mass is 16.5. The second-order valence-electron chi connectivity index (χ2n) is 15.8. The van der Waals surface area contributed by atoms with E-state index in [0.29, 0.717) is 19.6 Å². The molecule has 0 unspecified atom stereocenters. The van der Waals surface area contributed by atoms with Gasteiger partial charge in [-0.25, -0.2) is 0 Å². The quantitative estimate of drug-likeness (QED) is 0.0511. The summed E-state index contributed by atoms with van der Waals surface area (Å²) in [4.78, 5) is 12.0. The maximum atomic E-state index is 12.0. The van der Waals surface area contributed by atoms with E-state index in [0.717, 1.165) is 19.3 Å². The molecule has 0 radical (unpaired) electrons. The molecule has 0 aliphatic rings. The number of hydrogen-bond donors (Lipinski definition) is 1. The molecule has 0 heterocycles. The molecule has 0 aromatic rings. The van der Waals surface area contributed by atoms with Crippen molar-refractivity contribution >= 4 is 5.97 Å². The number of rotatable bonds is 44. The number of carbonyl (C=O) groups is 1. The van der Waals surface area contributed by atoms with Crippen LogP contribution >= 0.6 is 0 Å². The van der Waals surface area contributed by atoms with Crippen molar-refractivity contribution in [1.29, 1.82) is 0 Å². The Morgan fingerprint density at radius 3 is 0.816 bits per heavy atom. The van der Waals surface area contributed by atoms with Gasteiger partial charge in [-0.2, -0.15) is 0 Å². The van der Waals surface area contributed by atoms with Crippen LogP contribution in [0.1, 0.15) is 277 Å². The summed E-state index contributed by atoms with van der Waals surface area (Å²) >= 11 is 0. The molecule has 0 saturated heterocycles. The van der Waals surface area contributed by atoms with E-state index in [4.69, 9.17) is 9.84 Å². The minimum Gasteiger partial charge on any atom is -0.466 e. The molecule has 3 heteroatoms. The van der Waals surface area contributed by atoms with Gasteiger partial charge in [-0.05, 0) is 19.3 Å². The van der Waals surface area contributed by atoms with Crippen molar-refractivity contribution in [3.8, 4) is 0 Å². The third-order valence-electron chi connectivity index (χ3n) is 10.8. The van der Waals surface area contributed by atoms with Crippen LogP contribution in [0, 0.1) is 0 Å². The molecule has 0 bridgehead atoms. The Morgan fingerprint density at radius 1 is 0.327 bits per heavy atom. The highest BCUT2D eigenvalue weighted by Crippen LogP contribution is 2.17. The number of ether oxygens (including phenoxy) is 1. The highest BCUT2D eigenvalue weighted by molar-refractivity contribution is 5.69. The molecular formula is C46H92O3. The maximum Gasteiger partial charge on any atom is 0.305 e. The number of hydrogen-bond acceptors (Lipinski definition) is 3. The summed E-state index contributed by atoms with van der Waals surface area (Å²) in [6, 6.07) is 0. The van der Waals surface area contributed by atoms with Gasteiger partial charge in [0.05, 0.1) is 6.61 Å². The summed E-state index contributed by atoms with van der Waals surface area (Å²) in [5, 5.41) is 8.81. The van der Waals surface area contributed by atoms with Crippen molar-refractivity contribution in [2.45, 2.75) is 277 Å². The predicted molar refractivity (Wildman–Crippen MR) is 218 cm³/mol. The summed E-state index contributed by atoms with van der Waals surface area (Å²) in [6.07, 6.45) is 56.6. The minimum atomic E-state index is 0.0272. The zero-order chi connectivity index (χ0) is 35.4. The lowest BCUT2D eigenvalue weighted by Crippen LogP contribution is -2.05. The second kappa shape index (κ2) is 45.5. The summed E-state index contributed by atoms with van der Waals surface area (Å²) in [5.74, 6) is 0.0272. The molecule has 0 atom stereocenters. The van der Waals surface area contributed by atoms with Crippen molar-refractivity contribution in [3.05, 3.63) is 0 Å². The molecule has 49 heavy (non-hydrogen) atoms. The van der Waals surface area contributed by atoms with Crippen LogP contribution in [0.5, 0.6) is 0 Å². The topological polar surface area (TPSA) is 46.5 Å². The fourth-order valence-corrected chi connectivity index (χ4v) is 7.36. The van der Waals surface area contributed by atoms with Gasteiger partial charge in [0.15, 0.2) is 0 Å². The van der Waals surface area contributed by atoms with E-state index in [1.807, 2.05) is 0 Å². The fraction of sp³-hybridized carbons (Fsp3) is 0.978. The van der Waals surface area contributed by atoms with Crippen LogP contribution in [-0.2, 0) is 9.53 Å². The average Bonchev–Trinajstić information content (AvgIpc) is 3.11. The monoisotopic (exact) mass is 693 g/mol. The van der Waals surface area contributed by atoms with Gasteiger partial charge in [-0.15, -0.1) is 0 Å². The SMILES string of the molecule is CCCCCCCCCCCCCCCC(=O)OCCCCCCCCCCCCCCCCCCCCCCCCCCCCCCO. The van der Waals surface area contributed by atoms with Gasteiger partial charge in [0.2, 0.25) is 0 Å². The van der Waals surface area contributed by atoms with Crippen molar-refractivity contribution < 1.29 is 14.6 Å². The summed E-state index contributed by atoms with van der Waals surface area (Å²) in [5.41, 5.74) is 0. The average molecular weight is 693 g/mol. The number of aliphatic hydroxyl groups excluding tert-OH is 1. The molecule has 0 aromatic heterocycles.